The molecule has 0 amide bonds. The van der Waals surface area contributed by atoms with Gasteiger partial charge in [-0.3, -0.25) is 0 Å². The van der Waals surface area contributed by atoms with Gasteiger partial charge in [-0.2, -0.15) is 0 Å². The van der Waals surface area contributed by atoms with E-state index in [9.17, 15) is 9.18 Å². The molecule has 0 aliphatic carbocycles. The fourth-order valence-corrected chi connectivity index (χ4v) is 4.59. The van der Waals surface area contributed by atoms with Crippen molar-refractivity contribution < 1.29 is 19.0 Å². The van der Waals surface area contributed by atoms with Gasteiger partial charge in [0, 0.05) is 15.7 Å². The molecular formula is C30H24ClFO3S. The molecule has 182 valence electrons. The minimum Gasteiger partial charge on any atom is -0.479 e. The maximum atomic E-state index is 13.6. The zero-order valence-electron chi connectivity index (χ0n) is 19.5. The summed E-state index contributed by atoms with van der Waals surface area (Å²) in [5.74, 6) is -0.0819. The number of carboxylic acid groups (broad SMARTS) is 1. The first kappa shape index (κ1) is 25.5. The maximum Gasteiger partial charge on any atom is 0.344 e. The zero-order chi connectivity index (χ0) is 25.5. The van der Waals surface area contributed by atoms with Crippen LogP contribution in [0.5, 0.6) is 5.75 Å². The largest absolute Gasteiger partial charge is 0.479 e. The Bertz CT molecular complexity index is 1350. The Morgan fingerprint density at radius 2 is 1.58 bits per heavy atom. The molecule has 0 fully saturated rings. The molecule has 1 unspecified atom stereocenters. The van der Waals surface area contributed by atoms with Gasteiger partial charge < -0.3 is 9.84 Å². The monoisotopic (exact) mass is 518 g/mol. The van der Waals surface area contributed by atoms with Gasteiger partial charge in [-0.05, 0) is 83.3 Å². The van der Waals surface area contributed by atoms with E-state index < -0.39 is 12.1 Å². The van der Waals surface area contributed by atoms with Crippen LogP contribution >= 0.6 is 23.4 Å². The third-order valence-electron chi connectivity index (χ3n) is 5.53. The molecule has 0 aromatic heterocycles. The lowest BCUT2D eigenvalue weighted by molar-refractivity contribution is -0.144. The van der Waals surface area contributed by atoms with Crippen molar-refractivity contribution in [2.45, 2.75) is 17.9 Å². The summed E-state index contributed by atoms with van der Waals surface area (Å²) < 4.78 is 19.0. The summed E-state index contributed by atoms with van der Waals surface area (Å²) in [5.41, 5.74) is 5.07. The van der Waals surface area contributed by atoms with Gasteiger partial charge >= 0.3 is 5.97 Å². The third kappa shape index (κ3) is 6.78. The SMILES string of the molecule is CC(Oc1ccc(SCC=C(c2ccc(F)cc2)c2ccc(-c3cccc(Cl)c3)cc2)cc1)C(=O)O. The van der Waals surface area contributed by atoms with Crippen LogP contribution in [0.25, 0.3) is 16.7 Å². The number of aliphatic carboxylic acids is 1. The molecule has 36 heavy (non-hydrogen) atoms. The Balaban J connectivity index is 1.53. The van der Waals surface area contributed by atoms with E-state index in [1.54, 1.807) is 36.0 Å². The molecule has 0 saturated carbocycles. The van der Waals surface area contributed by atoms with Crippen LogP contribution in [0.15, 0.2) is 108 Å². The Morgan fingerprint density at radius 3 is 2.19 bits per heavy atom. The first-order valence-electron chi connectivity index (χ1n) is 11.3. The molecule has 0 aliphatic heterocycles. The van der Waals surface area contributed by atoms with E-state index in [0.717, 1.165) is 32.7 Å². The topological polar surface area (TPSA) is 46.5 Å². The second kappa shape index (κ2) is 11.9. The lowest BCUT2D eigenvalue weighted by Crippen LogP contribution is -2.22. The Kier molecular flexibility index (Phi) is 8.47. The van der Waals surface area contributed by atoms with Crippen LogP contribution in [0.4, 0.5) is 4.39 Å². The van der Waals surface area contributed by atoms with Crippen LogP contribution in [0.3, 0.4) is 0 Å². The fraction of sp³-hybridized carbons (Fsp3) is 0.100. The summed E-state index contributed by atoms with van der Waals surface area (Å²) in [4.78, 5) is 12.0. The second-order valence-corrected chi connectivity index (χ2v) is 9.62. The van der Waals surface area contributed by atoms with E-state index in [1.165, 1.54) is 19.1 Å². The molecule has 0 bridgehead atoms. The highest BCUT2D eigenvalue weighted by atomic mass is 35.5. The van der Waals surface area contributed by atoms with Crippen molar-refractivity contribution >= 4 is 34.9 Å². The highest BCUT2D eigenvalue weighted by molar-refractivity contribution is 7.99. The molecule has 0 aliphatic rings. The van der Waals surface area contributed by atoms with Gasteiger partial charge in [0.05, 0.1) is 0 Å². The molecule has 0 spiro atoms. The Labute approximate surface area is 219 Å². The van der Waals surface area contributed by atoms with Crippen molar-refractivity contribution in [3.05, 3.63) is 125 Å². The highest BCUT2D eigenvalue weighted by Crippen LogP contribution is 2.30. The van der Waals surface area contributed by atoms with Gasteiger partial charge in [0.25, 0.3) is 0 Å². The van der Waals surface area contributed by atoms with Crippen molar-refractivity contribution in [1.82, 2.24) is 0 Å². The lowest BCUT2D eigenvalue weighted by atomic mass is 9.95. The van der Waals surface area contributed by atoms with Crippen molar-refractivity contribution in [3.63, 3.8) is 0 Å². The standard InChI is InChI=1S/C30H24ClFO3S/c1-20(30(33)34)35-27-13-15-28(16-14-27)36-18-17-29(23-9-11-26(32)12-10-23)22-7-5-21(6-8-22)24-3-2-4-25(31)19-24/h2-17,19-20H,18H2,1H3,(H,33,34). The van der Waals surface area contributed by atoms with Crippen LogP contribution in [0.2, 0.25) is 5.02 Å². The predicted octanol–water partition coefficient (Wildman–Crippen LogP) is 8.22. The third-order valence-corrected chi connectivity index (χ3v) is 6.70. The zero-order valence-corrected chi connectivity index (χ0v) is 21.1. The summed E-state index contributed by atoms with van der Waals surface area (Å²) in [5, 5.41) is 9.68. The van der Waals surface area contributed by atoms with E-state index in [4.69, 9.17) is 21.4 Å². The molecule has 4 aromatic carbocycles. The molecule has 6 heteroatoms. The number of carbonyl (C=O) groups is 1. The minimum atomic E-state index is -1.01. The van der Waals surface area contributed by atoms with Crippen molar-refractivity contribution in [2.24, 2.45) is 0 Å². The van der Waals surface area contributed by atoms with Crippen LogP contribution in [0.1, 0.15) is 18.1 Å². The number of carboxylic acids is 1. The summed E-state index contributed by atoms with van der Waals surface area (Å²) in [6, 6.07) is 29.8. The van der Waals surface area contributed by atoms with Crippen molar-refractivity contribution in [2.75, 3.05) is 5.75 Å². The number of halogens is 2. The number of ether oxygens (including phenoxy) is 1. The quantitative estimate of drug-likeness (QED) is 0.227. The fourth-order valence-electron chi connectivity index (χ4n) is 3.63. The molecule has 3 nitrogen and oxygen atoms in total. The Morgan fingerprint density at radius 1 is 0.944 bits per heavy atom. The number of thioether (sulfide) groups is 1. The van der Waals surface area contributed by atoms with Crippen molar-refractivity contribution in [1.29, 1.82) is 0 Å². The van der Waals surface area contributed by atoms with E-state index >= 15 is 0 Å². The van der Waals surface area contributed by atoms with Gasteiger partial charge in [-0.15, -0.1) is 11.8 Å². The number of hydrogen-bond acceptors (Lipinski definition) is 3. The number of benzene rings is 4. The normalized spacial score (nSPS) is 12.2. The smallest absolute Gasteiger partial charge is 0.344 e. The molecular weight excluding hydrogens is 495 g/mol. The summed E-state index contributed by atoms with van der Waals surface area (Å²) in [6.07, 6.45) is 1.22. The second-order valence-electron chi connectivity index (χ2n) is 8.09. The van der Waals surface area contributed by atoms with E-state index in [1.807, 2.05) is 36.4 Å². The molecule has 0 heterocycles. The van der Waals surface area contributed by atoms with Crippen LogP contribution in [-0.4, -0.2) is 22.9 Å². The van der Waals surface area contributed by atoms with Gasteiger partial charge in [-0.1, -0.05) is 66.2 Å². The van der Waals surface area contributed by atoms with Crippen LogP contribution in [-0.2, 0) is 4.79 Å². The van der Waals surface area contributed by atoms with E-state index in [2.05, 4.69) is 30.3 Å². The summed E-state index contributed by atoms with van der Waals surface area (Å²) >= 11 is 7.79. The van der Waals surface area contributed by atoms with Gasteiger partial charge in [-0.25, -0.2) is 9.18 Å². The number of hydrogen-bond donors (Lipinski definition) is 1. The van der Waals surface area contributed by atoms with Crippen LogP contribution < -0.4 is 4.74 Å². The van der Waals surface area contributed by atoms with Crippen LogP contribution in [0, 0.1) is 5.82 Å². The predicted molar refractivity (Wildman–Crippen MR) is 145 cm³/mol. The highest BCUT2D eigenvalue weighted by Gasteiger charge is 2.12. The lowest BCUT2D eigenvalue weighted by Gasteiger charge is -2.12. The molecule has 4 aromatic rings. The van der Waals surface area contributed by atoms with Gasteiger partial charge in [0.15, 0.2) is 6.10 Å². The van der Waals surface area contributed by atoms with Gasteiger partial charge in [0.2, 0.25) is 0 Å². The molecule has 0 radical (unpaired) electrons. The first-order chi connectivity index (χ1) is 17.4. The summed E-state index contributed by atoms with van der Waals surface area (Å²) in [6.45, 7) is 1.49. The Hall–Kier alpha value is -3.54. The molecule has 1 atom stereocenters. The average Bonchev–Trinajstić information content (AvgIpc) is 2.88. The summed E-state index contributed by atoms with van der Waals surface area (Å²) in [7, 11) is 0. The van der Waals surface area contributed by atoms with Crippen molar-refractivity contribution in [3.8, 4) is 16.9 Å². The molecule has 1 N–H and O–H groups in total. The van der Waals surface area contributed by atoms with Gasteiger partial charge in [0.1, 0.15) is 11.6 Å². The van der Waals surface area contributed by atoms with E-state index in [-0.39, 0.29) is 5.82 Å². The average molecular weight is 519 g/mol. The molecule has 0 saturated heterocycles. The first-order valence-corrected chi connectivity index (χ1v) is 12.7. The van der Waals surface area contributed by atoms with E-state index in [0.29, 0.717) is 16.5 Å². The minimum absolute atomic E-state index is 0.275. The number of rotatable bonds is 9. The maximum absolute atomic E-state index is 13.6. The molecule has 4 rings (SSSR count).